The van der Waals surface area contributed by atoms with E-state index in [9.17, 15) is 45.8 Å². The normalized spacial score (nSPS) is 16.0. The second kappa shape index (κ2) is 12.2. The highest BCUT2D eigenvalue weighted by Gasteiger charge is 2.41. The molecule has 12 heteroatoms. The van der Waals surface area contributed by atoms with Gasteiger partial charge < -0.3 is 16.2 Å². The van der Waals surface area contributed by atoms with Crippen LogP contribution < -0.4 is 11.1 Å². The molecule has 3 atom stereocenters. The van der Waals surface area contributed by atoms with Crippen molar-refractivity contribution in [3.05, 3.63) is 0 Å². The van der Waals surface area contributed by atoms with E-state index < -0.39 is 96.9 Å². The summed E-state index contributed by atoms with van der Waals surface area (Å²) in [5.41, 5.74) is 0.565. The first kappa shape index (κ1) is 32.1. The maximum absolute atomic E-state index is 13.4. The third-order valence-corrected chi connectivity index (χ3v) is 5.87. The van der Waals surface area contributed by atoms with Crippen molar-refractivity contribution < 1.29 is 45.8 Å². The monoisotopic (exact) mass is 506 g/mol. The lowest BCUT2D eigenvalue weighted by atomic mass is 9.78. The Kier molecular flexibility index (Phi) is 11.5. The Morgan fingerprint density at radius 1 is 0.765 bits per heavy atom. The van der Waals surface area contributed by atoms with Crippen LogP contribution in [0.4, 0.5) is 26.3 Å². The Balaban J connectivity index is 5.77. The average Bonchev–Trinajstić information content (AvgIpc) is 2.65. The largest absolute Gasteiger partial charge is 0.480 e. The fraction of sp³-hybridized carbons (Fsp3) is 0.864. The molecule has 200 valence electrons. The topological polar surface area (TPSA) is 109 Å². The maximum atomic E-state index is 13.4. The SMILES string of the molecule is CC(C)(C[C@H](CC(=O)[C@@H](N)CC(C)(C)C(F)F)C(=O)N[C@@H](CC(C)(C)C(F)F)C(=O)O)C(F)F. The molecule has 0 spiro atoms. The molecule has 0 saturated carbocycles. The van der Waals surface area contributed by atoms with E-state index in [1.54, 1.807) is 0 Å². The van der Waals surface area contributed by atoms with Gasteiger partial charge in [-0.25, -0.2) is 31.1 Å². The number of alkyl halides is 6. The number of carboxylic acids is 1. The number of rotatable bonds is 15. The van der Waals surface area contributed by atoms with Gasteiger partial charge in [0.25, 0.3) is 0 Å². The fourth-order valence-electron chi connectivity index (χ4n) is 3.25. The summed E-state index contributed by atoms with van der Waals surface area (Å²) in [6.07, 6.45) is -11.0. The number of Topliss-reactive ketones (excluding diaryl/α,β-unsaturated/α-hetero) is 1. The minimum Gasteiger partial charge on any atom is -0.480 e. The van der Waals surface area contributed by atoms with Crippen LogP contribution in [-0.2, 0) is 14.4 Å². The van der Waals surface area contributed by atoms with Crippen LogP contribution in [0.2, 0.25) is 0 Å². The van der Waals surface area contributed by atoms with E-state index in [-0.39, 0.29) is 0 Å². The van der Waals surface area contributed by atoms with Crippen LogP contribution in [0.1, 0.15) is 67.2 Å². The molecule has 0 aliphatic heterocycles. The lowest BCUT2D eigenvalue weighted by molar-refractivity contribution is -0.145. The fourth-order valence-corrected chi connectivity index (χ4v) is 3.25. The molecule has 0 rings (SSSR count). The molecule has 6 nitrogen and oxygen atoms in total. The van der Waals surface area contributed by atoms with Crippen LogP contribution in [0.25, 0.3) is 0 Å². The summed E-state index contributed by atoms with van der Waals surface area (Å²) in [4.78, 5) is 37.0. The smallest absolute Gasteiger partial charge is 0.326 e. The van der Waals surface area contributed by atoms with Crippen LogP contribution in [0.15, 0.2) is 0 Å². The van der Waals surface area contributed by atoms with Gasteiger partial charge in [-0.05, 0) is 19.3 Å². The molecule has 0 saturated heterocycles. The highest BCUT2D eigenvalue weighted by molar-refractivity contribution is 5.91. The van der Waals surface area contributed by atoms with Gasteiger partial charge in [0.05, 0.1) is 6.04 Å². The second-order valence-electron chi connectivity index (χ2n) is 10.9. The highest BCUT2D eigenvalue weighted by Crippen LogP contribution is 2.36. The third-order valence-electron chi connectivity index (χ3n) is 5.87. The van der Waals surface area contributed by atoms with E-state index in [0.29, 0.717) is 0 Å². The number of carboxylic acid groups (broad SMARTS) is 1. The third kappa shape index (κ3) is 9.79. The minimum absolute atomic E-state index is 0.434. The number of amides is 1. The number of ketones is 1. The van der Waals surface area contributed by atoms with E-state index in [2.05, 4.69) is 5.32 Å². The van der Waals surface area contributed by atoms with Crippen molar-refractivity contribution in [2.75, 3.05) is 0 Å². The zero-order valence-electron chi connectivity index (χ0n) is 20.3. The van der Waals surface area contributed by atoms with Crippen molar-refractivity contribution in [3.8, 4) is 0 Å². The van der Waals surface area contributed by atoms with E-state index in [0.717, 1.165) is 27.7 Å². The van der Waals surface area contributed by atoms with Crippen molar-refractivity contribution in [2.24, 2.45) is 27.9 Å². The van der Waals surface area contributed by atoms with Crippen molar-refractivity contribution in [1.82, 2.24) is 5.32 Å². The molecule has 0 aromatic carbocycles. The average molecular weight is 507 g/mol. The first-order valence-corrected chi connectivity index (χ1v) is 10.8. The van der Waals surface area contributed by atoms with E-state index in [1.165, 1.54) is 13.8 Å². The minimum atomic E-state index is -2.91. The Morgan fingerprint density at radius 2 is 1.15 bits per heavy atom. The van der Waals surface area contributed by atoms with Crippen LogP contribution in [0.3, 0.4) is 0 Å². The first-order chi connectivity index (χ1) is 15.1. The van der Waals surface area contributed by atoms with Crippen molar-refractivity contribution in [3.63, 3.8) is 0 Å². The van der Waals surface area contributed by atoms with E-state index in [4.69, 9.17) is 5.73 Å². The molecule has 4 N–H and O–H groups in total. The van der Waals surface area contributed by atoms with Gasteiger partial charge in [0.2, 0.25) is 25.2 Å². The molecule has 0 aromatic heterocycles. The molecule has 0 aliphatic carbocycles. The zero-order valence-corrected chi connectivity index (χ0v) is 20.3. The number of hydrogen-bond donors (Lipinski definition) is 3. The van der Waals surface area contributed by atoms with Gasteiger partial charge in [0.1, 0.15) is 11.8 Å². The molecule has 0 radical (unpaired) electrons. The first-order valence-electron chi connectivity index (χ1n) is 10.8. The van der Waals surface area contributed by atoms with E-state index in [1.807, 2.05) is 0 Å². The molecule has 1 amide bonds. The van der Waals surface area contributed by atoms with Crippen LogP contribution in [0, 0.1) is 22.2 Å². The summed E-state index contributed by atoms with van der Waals surface area (Å²) >= 11 is 0. The van der Waals surface area contributed by atoms with Gasteiger partial charge in [-0.1, -0.05) is 41.5 Å². The Hall–Kier alpha value is -1.85. The summed E-state index contributed by atoms with van der Waals surface area (Å²) in [5, 5.41) is 11.5. The van der Waals surface area contributed by atoms with Gasteiger partial charge in [0, 0.05) is 28.6 Å². The number of nitrogens with one attached hydrogen (secondary N) is 1. The molecule has 0 aromatic rings. The van der Waals surface area contributed by atoms with Crippen LogP contribution in [-0.4, -0.2) is 54.1 Å². The quantitative estimate of drug-likeness (QED) is 0.283. The number of aliphatic carboxylic acids is 1. The number of nitrogens with two attached hydrogens (primary N) is 1. The molecule has 0 aliphatic rings. The number of carbonyl (C=O) groups excluding carboxylic acids is 2. The second-order valence-corrected chi connectivity index (χ2v) is 10.9. The molecule has 0 heterocycles. The summed E-state index contributed by atoms with van der Waals surface area (Å²) in [7, 11) is 0. The predicted molar refractivity (Wildman–Crippen MR) is 114 cm³/mol. The predicted octanol–water partition coefficient (Wildman–Crippen LogP) is 4.50. The lowest BCUT2D eigenvalue weighted by Crippen LogP contribution is -2.48. The summed E-state index contributed by atoms with van der Waals surface area (Å²) < 4.78 is 79.5. The van der Waals surface area contributed by atoms with Gasteiger partial charge >= 0.3 is 5.97 Å². The number of halogens is 6. The molecule has 0 unspecified atom stereocenters. The molecule has 0 fully saturated rings. The van der Waals surface area contributed by atoms with Gasteiger partial charge in [-0.2, -0.15) is 0 Å². The van der Waals surface area contributed by atoms with Gasteiger partial charge in [0.15, 0.2) is 0 Å². The Labute approximate surface area is 196 Å². The maximum Gasteiger partial charge on any atom is 0.326 e. The summed E-state index contributed by atoms with van der Waals surface area (Å²) in [5.74, 6) is -5.03. The standard InChI is InChI=1S/C22H36F6N2O4/c1-20(2,17(23)24)8-11(7-14(31)12(29)9-21(3,4)18(25)26)15(32)30-13(16(33)34)10-22(5,6)19(27)28/h11-13,17-19H,7-10,29H2,1-6H3,(H,30,32)(H,33,34)/t11-,12-,13-/m0/s1. The lowest BCUT2D eigenvalue weighted by Gasteiger charge is -2.32. The van der Waals surface area contributed by atoms with Crippen LogP contribution >= 0.6 is 0 Å². The summed E-state index contributed by atoms with van der Waals surface area (Å²) in [6, 6.07) is -3.18. The Morgan fingerprint density at radius 3 is 1.53 bits per heavy atom. The zero-order chi connectivity index (χ0) is 27.2. The van der Waals surface area contributed by atoms with Crippen LogP contribution in [0.5, 0.6) is 0 Å². The van der Waals surface area contributed by atoms with Crippen molar-refractivity contribution in [1.29, 1.82) is 0 Å². The van der Waals surface area contributed by atoms with Gasteiger partial charge in [-0.15, -0.1) is 0 Å². The molecule has 0 bridgehead atoms. The molecular formula is C22H36F6N2O4. The molecular weight excluding hydrogens is 470 g/mol. The van der Waals surface area contributed by atoms with E-state index >= 15 is 0 Å². The number of hydrogen-bond acceptors (Lipinski definition) is 4. The van der Waals surface area contributed by atoms with Crippen molar-refractivity contribution in [2.45, 2.75) is 98.6 Å². The molecule has 34 heavy (non-hydrogen) atoms. The van der Waals surface area contributed by atoms with Crippen molar-refractivity contribution >= 4 is 17.7 Å². The van der Waals surface area contributed by atoms with Gasteiger partial charge in [-0.3, -0.25) is 9.59 Å². The Bertz CT molecular complexity index is 714. The number of carbonyl (C=O) groups is 3. The highest BCUT2D eigenvalue weighted by atomic mass is 19.3. The summed E-state index contributed by atoms with van der Waals surface area (Å²) in [6.45, 7) is 6.86.